The summed E-state index contributed by atoms with van der Waals surface area (Å²) in [5, 5.41) is 17.4. The van der Waals surface area contributed by atoms with Gasteiger partial charge in [-0.3, -0.25) is 0 Å². The summed E-state index contributed by atoms with van der Waals surface area (Å²) >= 11 is 0. The van der Waals surface area contributed by atoms with E-state index in [9.17, 15) is 31.1 Å². The standard InChI is InChI=1S/C15H10F3N3O2.C14H11F3N4/c1-8-6-12-19-7-11(14(22)23)21(12)20-13(8)9-4-2-3-5-10(9)15(16,17)18;1-8-6-12-19-7-11(18)21(12)20-13(8)9-4-2-3-5-10(9)14(15,16)17/h2-7H,1H3,(H,22,23);2-7H,18H2,1H3. The van der Waals surface area contributed by atoms with Crippen LogP contribution in [0.1, 0.15) is 32.7 Å². The summed E-state index contributed by atoms with van der Waals surface area (Å²) < 4.78 is 81.3. The first-order chi connectivity index (χ1) is 20.7. The minimum atomic E-state index is -4.54. The van der Waals surface area contributed by atoms with Crippen molar-refractivity contribution in [1.82, 2.24) is 29.2 Å². The zero-order valence-corrected chi connectivity index (χ0v) is 22.8. The van der Waals surface area contributed by atoms with Crippen molar-refractivity contribution >= 4 is 23.1 Å². The number of nitrogens with two attached hydrogens (primary N) is 1. The van der Waals surface area contributed by atoms with Crippen molar-refractivity contribution in [1.29, 1.82) is 0 Å². The molecule has 0 unspecified atom stereocenters. The molecule has 0 amide bonds. The van der Waals surface area contributed by atoms with Gasteiger partial charge in [-0.1, -0.05) is 36.4 Å². The molecular weight excluding hydrogens is 592 g/mol. The maximum atomic E-state index is 13.2. The molecule has 0 radical (unpaired) electrons. The molecule has 226 valence electrons. The van der Waals surface area contributed by atoms with Crippen molar-refractivity contribution in [2.45, 2.75) is 26.2 Å². The molecule has 2 aromatic carbocycles. The SMILES string of the molecule is Cc1cc2ncc(C(=O)O)n2nc1-c1ccccc1C(F)(F)F.Cc1cc2ncc(N)n2nc1-c1ccccc1C(F)(F)F. The Morgan fingerprint density at radius 1 is 0.727 bits per heavy atom. The van der Waals surface area contributed by atoms with Crippen molar-refractivity contribution in [3.63, 3.8) is 0 Å². The van der Waals surface area contributed by atoms with Gasteiger partial charge in [0.2, 0.25) is 0 Å². The summed E-state index contributed by atoms with van der Waals surface area (Å²) in [6.45, 7) is 3.30. The lowest BCUT2D eigenvalue weighted by molar-refractivity contribution is -0.137. The average molecular weight is 614 g/mol. The summed E-state index contributed by atoms with van der Waals surface area (Å²) in [5.74, 6) is -0.986. The number of nitrogen functional groups attached to an aromatic ring is 1. The lowest BCUT2D eigenvalue weighted by atomic mass is 10.0. The molecule has 0 aliphatic heterocycles. The van der Waals surface area contributed by atoms with Crippen LogP contribution in [-0.2, 0) is 12.4 Å². The molecule has 6 aromatic rings. The third-order valence-corrected chi connectivity index (χ3v) is 6.59. The molecule has 0 bridgehead atoms. The van der Waals surface area contributed by atoms with E-state index in [-0.39, 0.29) is 39.7 Å². The number of hydrogen-bond donors (Lipinski definition) is 2. The molecule has 9 nitrogen and oxygen atoms in total. The number of halogens is 6. The monoisotopic (exact) mass is 613 g/mol. The predicted molar refractivity (Wildman–Crippen MR) is 148 cm³/mol. The second-order valence-corrected chi connectivity index (χ2v) is 9.61. The smallest absolute Gasteiger partial charge is 0.417 e. The molecule has 15 heteroatoms. The Bertz CT molecular complexity index is 2030. The Kier molecular flexibility index (Phi) is 7.49. The van der Waals surface area contributed by atoms with Gasteiger partial charge in [0.05, 0.1) is 34.9 Å². The number of nitrogens with zero attached hydrogens (tertiary/aromatic N) is 6. The number of carbonyl (C=O) groups is 1. The molecule has 0 saturated carbocycles. The average Bonchev–Trinajstić information content (AvgIpc) is 3.54. The Balaban J connectivity index is 0.000000175. The van der Waals surface area contributed by atoms with Gasteiger partial charge in [-0.25, -0.2) is 19.3 Å². The first-order valence-electron chi connectivity index (χ1n) is 12.7. The topological polar surface area (TPSA) is 124 Å². The Morgan fingerprint density at radius 3 is 1.64 bits per heavy atom. The first-order valence-corrected chi connectivity index (χ1v) is 12.7. The zero-order valence-electron chi connectivity index (χ0n) is 22.8. The number of benzene rings is 2. The van der Waals surface area contributed by atoms with E-state index >= 15 is 0 Å². The zero-order chi connectivity index (χ0) is 32.0. The van der Waals surface area contributed by atoms with Crippen LogP contribution < -0.4 is 5.73 Å². The van der Waals surface area contributed by atoms with Crippen LogP contribution in [0.5, 0.6) is 0 Å². The number of hydrogen-bond acceptors (Lipinski definition) is 6. The maximum absolute atomic E-state index is 13.2. The van der Waals surface area contributed by atoms with Gasteiger partial charge in [0.15, 0.2) is 17.0 Å². The number of fused-ring (bicyclic) bond motifs is 2. The van der Waals surface area contributed by atoms with Gasteiger partial charge in [-0.05, 0) is 49.2 Å². The van der Waals surface area contributed by atoms with E-state index < -0.39 is 29.4 Å². The number of aromatic nitrogens is 6. The van der Waals surface area contributed by atoms with Gasteiger partial charge < -0.3 is 10.8 Å². The highest BCUT2D eigenvalue weighted by molar-refractivity contribution is 5.86. The van der Waals surface area contributed by atoms with Crippen LogP contribution in [0, 0.1) is 13.8 Å². The van der Waals surface area contributed by atoms with Crippen LogP contribution in [0.15, 0.2) is 73.1 Å². The largest absolute Gasteiger partial charge is 0.476 e. The number of carboxylic acids is 1. The van der Waals surface area contributed by atoms with Gasteiger partial charge in [0, 0.05) is 11.1 Å². The van der Waals surface area contributed by atoms with E-state index in [1.807, 2.05) is 0 Å². The number of anilines is 1. The molecule has 0 aliphatic carbocycles. The molecular formula is C29H21F6N7O2. The highest BCUT2D eigenvalue weighted by Crippen LogP contribution is 2.38. The minimum absolute atomic E-state index is 0.0255. The van der Waals surface area contributed by atoms with E-state index in [1.165, 1.54) is 47.1 Å². The van der Waals surface area contributed by atoms with Crippen LogP contribution in [0.2, 0.25) is 0 Å². The Hall–Kier alpha value is -5.47. The molecule has 0 spiro atoms. The normalized spacial score (nSPS) is 11.9. The van der Waals surface area contributed by atoms with Crippen LogP contribution >= 0.6 is 0 Å². The van der Waals surface area contributed by atoms with Gasteiger partial charge >= 0.3 is 18.3 Å². The number of imidazole rings is 2. The lowest BCUT2D eigenvalue weighted by Crippen LogP contribution is -2.10. The molecule has 0 fully saturated rings. The minimum Gasteiger partial charge on any atom is -0.476 e. The maximum Gasteiger partial charge on any atom is 0.417 e. The van der Waals surface area contributed by atoms with E-state index in [1.54, 1.807) is 26.0 Å². The molecule has 0 atom stereocenters. The van der Waals surface area contributed by atoms with Crippen molar-refractivity contribution in [3.8, 4) is 22.5 Å². The van der Waals surface area contributed by atoms with Gasteiger partial charge in [0.1, 0.15) is 5.82 Å². The summed E-state index contributed by atoms with van der Waals surface area (Å²) in [4.78, 5) is 19.1. The fraction of sp³-hybridized carbons (Fsp3) is 0.138. The third kappa shape index (κ3) is 5.63. The molecule has 4 heterocycles. The van der Waals surface area contributed by atoms with Crippen molar-refractivity contribution in [2.75, 3.05) is 5.73 Å². The number of rotatable bonds is 3. The third-order valence-electron chi connectivity index (χ3n) is 6.59. The number of aromatic carboxylic acids is 1. The molecule has 6 rings (SSSR count). The van der Waals surface area contributed by atoms with E-state index in [4.69, 9.17) is 10.8 Å². The van der Waals surface area contributed by atoms with Crippen molar-refractivity contribution < 1.29 is 36.2 Å². The van der Waals surface area contributed by atoms with Crippen LogP contribution in [0.25, 0.3) is 33.8 Å². The van der Waals surface area contributed by atoms with Gasteiger partial charge in [0.25, 0.3) is 0 Å². The molecule has 0 aliphatic rings. The second kappa shape index (κ2) is 11.0. The number of carboxylic acid groups (broad SMARTS) is 1. The van der Waals surface area contributed by atoms with Crippen molar-refractivity contribution in [3.05, 3.63) is 101 Å². The summed E-state index contributed by atoms with van der Waals surface area (Å²) in [7, 11) is 0. The predicted octanol–water partition coefficient (Wildman–Crippen LogP) is 6.73. The highest BCUT2D eigenvalue weighted by atomic mass is 19.4. The number of aryl methyl sites for hydroxylation is 2. The highest BCUT2D eigenvalue weighted by Gasteiger charge is 2.35. The quantitative estimate of drug-likeness (QED) is 0.212. The fourth-order valence-electron chi connectivity index (χ4n) is 4.58. The summed E-state index contributed by atoms with van der Waals surface area (Å²) in [6, 6.07) is 13.5. The van der Waals surface area contributed by atoms with E-state index in [2.05, 4.69) is 20.2 Å². The Labute approximate surface area is 244 Å². The number of alkyl halides is 6. The van der Waals surface area contributed by atoms with E-state index in [0.29, 0.717) is 16.8 Å². The summed E-state index contributed by atoms with van der Waals surface area (Å²) in [6.07, 6.45) is -6.45. The molecule has 3 N–H and O–H groups in total. The van der Waals surface area contributed by atoms with Crippen LogP contribution in [0.3, 0.4) is 0 Å². The Morgan fingerprint density at radius 2 is 1.16 bits per heavy atom. The van der Waals surface area contributed by atoms with Gasteiger partial charge in [-0.15, -0.1) is 0 Å². The summed E-state index contributed by atoms with van der Waals surface area (Å²) in [5.41, 5.74) is 5.99. The van der Waals surface area contributed by atoms with Gasteiger partial charge in [-0.2, -0.15) is 41.1 Å². The van der Waals surface area contributed by atoms with E-state index in [0.717, 1.165) is 22.8 Å². The molecule has 0 saturated heterocycles. The lowest BCUT2D eigenvalue weighted by Gasteiger charge is -2.14. The van der Waals surface area contributed by atoms with Crippen molar-refractivity contribution in [2.24, 2.45) is 0 Å². The second-order valence-electron chi connectivity index (χ2n) is 9.61. The first kappa shape index (κ1) is 30.0. The molecule has 4 aromatic heterocycles. The fourth-order valence-corrected chi connectivity index (χ4v) is 4.58. The molecule has 44 heavy (non-hydrogen) atoms. The van der Waals surface area contributed by atoms with Crippen LogP contribution in [-0.4, -0.2) is 40.3 Å². The van der Waals surface area contributed by atoms with Crippen LogP contribution in [0.4, 0.5) is 32.2 Å².